The molecule has 0 spiro atoms. The van der Waals surface area contributed by atoms with Gasteiger partial charge < -0.3 is 0 Å². The minimum atomic E-state index is 0.667. The van der Waals surface area contributed by atoms with E-state index in [-0.39, 0.29) is 0 Å². The van der Waals surface area contributed by atoms with Crippen LogP contribution >= 0.6 is 0 Å². The Morgan fingerprint density at radius 1 is 0.259 bits per heavy atom. The summed E-state index contributed by atoms with van der Waals surface area (Å²) < 4.78 is 0. The van der Waals surface area contributed by atoms with Gasteiger partial charge in [-0.1, -0.05) is 146 Å². The van der Waals surface area contributed by atoms with E-state index in [4.69, 9.17) is 19.9 Å². The van der Waals surface area contributed by atoms with Crippen molar-refractivity contribution in [1.82, 2.24) is 24.9 Å². The number of rotatable bonds is 8. The SMILES string of the molecule is c1ccc(-c2cc(-c3ccccn3)nc(-c3ncccc3-c3ccccc3-c3cccc(-c4nc(-c5ccccc5)cc(-c5ccccc5)n4)c3)c2)cc1. The van der Waals surface area contributed by atoms with Gasteiger partial charge in [0, 0.05) is 34.6 Å². The van der Waals surface area contributed by atoms with Crippen molar-refractivity contribution >= 4 is 0 Å². The smallest absolute Gasteiger partial charge is 0.160 e. The molecule has 0 aliphatic carbocycles. The number of aromatic nitrogens is 5. The van der Waals surface area contributed by atoms with Crippen molar-refractivity contribution in [2.75, 3.05) is 0 Å². The number of hydrogen-bond donors (Lipinski definition) is 0. The van der Waals surface area contributed by atoms with Crippen molar-refractivity contribution in [2.45, 2.75) is 0 Å². The molecule has 9 rings (SSSR count). The molecule has 254 valence electrons. The lowest BCUT2D eigenvalue weighted by Crippen LogP contribution is -1.97. The lowest BCUT2D eigenvalue weighted by atomic mass is 9.91. The molecule has 0 atom stereocenters. The molecular formula is C49H33N5. The highest BCUT2D eigenvalue weighted by molar-refractivity contribution is 5.91. The lowest BCUT2D eigenvalue weighted by Gasteiger charge is -2.16. The average Bonchev–Trinajstić information content (AvgIpc) is 3.27. The first kappa shape index (κ1) is 32.5. The third kappa shape index (κ3) is 6.70. The molecule has 0 unspecified atom stereocenters. The molecule has 0 aliphatic heterocycles. The molecule has 0 saturated carbocycles. The number of hydrogen-bond acceptors (Lipinski definition) is 5. The monoisotopic (exact) mass is 691 g/mol. The summed E-state index contributed by atoms with van der Waals surface area (Å²) in [6.45, 7) is 0. The van der Waals surface area contributed by atoms with Crippen molar-refractivity contribution < 1.29 is 0 Å². The Balaban J connectivity index is 1.17. The maximum Gasteiger partial charge on any atom is 0.160 e. The largest absolute Gasteiger partial charge is 0.255 e. The second kappa shape index (κ2) is 14.7. The van der Waals surface area contributed by atoms with Gasteiger partial charge in [0.1, 0.15) is 0 Å². The van der Waals surface area contributed by atoms with Crippen molar-refractivity contribution in [3.63, 3.8) is 0 Å². The molecule has 0 N–H and O–H groups in total. The van der Waals surface area contributed by atoms with E-state index >= 15 is 0 Å². The van der Waals surface area contributed by atoms with Gasteiger partial charge in [0.2, 0.25) is 0 Å². The first-order valence-corrected chi connectivity index (χ1v) is 17.9. The van der Waals surface area contributed by atoms with Gasteiger partial charge in [-0.05, 0) is 70.3 Å². The highest BCUT2D eigenvalue weighted by Crippen LogP contribution is 2.39. The summed E-state index contributed by atoms with van der Waals surface area (Å²) >= 11 is 0. The van der Waals surface area contributed by atoms with Gasteiger partial charge >= 0.3 is 0 Å². The van der Waals surface area contributed by atoms with Crippen LogP contribution in [0.15, 0.2) is 200 Å². The van der Waals surface area contributed by atoms with Crippen molar-refractivity contribution in [3.8, 4) is 90.1 Å². The first-order valence-electron chi connectivity index (χ1n) is 17.9. The van der Waals surface area contributed by atoms with E-state index in [2.05, 4.69) is 126 Å². The summed E-state index contributed by atoms with van der Waals surface area (Å²) in [6, 6.07) is 64.2. The molecule has 5 heteroatoms. The molecule has 54 heavy (non-hydrogen) atoms. The average molecular weight is 692 g/mol. The second-order valence-electron chi connectivity index (χ2n) is 12.9. The van der Waals surface area contributed by atoms with Crippen molar-refractivity contribution in [2.24, 2.45) is 0 Å². The number of benzene rings is 5. The molecular weight excluding hydrogens is 659 g/mol. The fourth-order valence-electron chi connectivity index (χ4n) is 6.81. The van der Waals surface area contributed by atoms with E-state index in [1.807, 2.05) is 72.9 Å². The topological polar surface area (TPSA) is 64.5 Å². The first-order chi connectivity index (χ1) is 26.8. The molecule has 0 bridgehead atoms. The summed E-state index contributed by atoms with van der Waals surface area (Å²) in [5.41, 5.74) is 14.2. The third-order valence-corrected chi connectivity index (χ3v) is 9.42. The van der Waals surface area contributed by atoms with Crippen LogP contribution in [-0.2, 0) is 0 Å². The molecule has 4 heterocycles. The minimum Gasteiger partial charge on any atom is -0.255 e. The van der Waals surface area contributed by atoms with Gasteiger partial charge in [0.05, 0.1) is 34.2 Å². The van der Waals surface area contributed by atoms with E-state index in [1.165, 1.54) is 0 Å². The summed E-state index contributed by atoms with van der Waals surface area (Å²) in [7, 11) is 0. The molecule has 0 fully saturated rings. The molecule has 9 aromatic rings. The van der Waals surface area contributed by atoms with E-state index in [1.54, 1.807) is 6.20 Å². The maximum absolute atomic E-state index is 5.17. The van der Waals surface area contributed by atoms with Crippen LogP contribution in [-0.4, -0.2) is 24.9 Å². The zero-order valence-corrected chi connectivity index (χ0v) is 29.3. The lowest BCUT2D eigenvalue weighted by molar-refractivity contribution is 1.18. The fourth-order valence-corrected chi connectivity index (χ4v) is 6.81. The Hall–Kier alpha value is -7.37. The Labute approximate surface area is 314 Å². The van der Waals surface area contributed by atoms with E-state index < -0.39 is 0 Å². The van der Waals surface area contributed by atoms with Crippen LogP contribution in [0.25, 0.3) is 90.1 Å². The second-order valence-corrected chi connectivity index (χ2v) is 12.9. The number of pyridine rings is 3. The van der Waals surface area contributed by atoms with Crippen LogP contribution in [0.3, 0.4) is 0 Å². The number of nitrogens with zero attached hydrogens (tertiary/aromatic N) is 5. The minimum absolute atomic E-state index is 0.667. The molecule has 0 amide bonds. The molecule has 5 nitrogen and oxygen atoms in total. The van der Waals surface area contributed by atoms with E-state index in [0.29, 0.717) is 5.82 Å². The van der Waals surface area contributed by atoms with Crippen LogP contribution in [0.1, 0.15) is 0 Å². The normalized spacial score (nSPS) is 11.0. The summed E-state index contributed by atoms with van der Waals surface area (Å²) in [5, 5.41) is 0. The van der Waals surface area contributed by atoms with Gasteiger partial charge in [0.15, 0.2) is 5.82 Å². The van der Waals surface area contributed by atoms with Gasteiger partial charge in [-0.2, -0.15) is 0 Å². The summed E-state index contributed by atoms with van der Waals surface area (Å²) in [6.07, 6.45) is 3.63. The Morgan fingerprint density at radius 2 is 0.815 bits per heavy atom. The van der Waals surface area contributed by atoms with Crippen LogP contribution in [0.5, 0.6) is 0 Å². The fraction of sp³-hybridized carbons (Fsp3) is 0. The highest BCUT2D eigenvalue weighted by atomic mass is 14.9. The summed E-state index contributed by atoms with van der Waals surface area (Å²) in [5.74, 6) is 0.667. The van der Waals surface area contributed by atoms with Crippen molar-refractivity contribution in [1.29, 1.82) is 0 Å². The van der Waals surface area contributed by atoms with Crippen molar-refractivity contribution in [3.05, 3.63) is 200 Å². The zero-order valence-electron chi connectivity index (χ0n) is 29.3. The highest BCUT2D eigenvalue weighted by Gasteiger charge is 2.18. The molecule has 4 aromatic heterocycles. The summed E-state index contributed by atoms with van der Waals surface area (Å²) in [4.78, 5) is 25.0. The Morgan fingerprint density at radius 3 is 1.50 bits per heavy atom. The Kier molecular flexibility index (Phi) is 8.86. The van der Waals surface area contributed by atoms with Crippen LogP contribution in [0.2, 0.25) is 0 Å². The van der Waals surface area contributed by atoms with Gasteiger partial charge in [-0.15, -0.1) is 0 Å². The predicted molar refractivity (Wildman–Crippen MR) is 219 cm³/mol. The quantitative estimate of drug-likeness (QED) is 0.159. The molecule has 0 radical (unpaired) electrons. The zero-order chi connectivity index (χ0) is 36.1. The molecule has 0 saturated heterocycles. The molecule has 5 aromatic carbocycles. The predicted octanol–water partition coefficient (Wildman–Crippen LogP) is 12.0. The maximum atomic E-state index is 5.17. The third-order valence-electron chi connectivity index (χ3n) is 9.42. The standard InChI is InChI=1S/C49H33N5/c1-4-16-34(17-5-1)39-31-46(43-27-12-13-28-50-43)52-47(32-39)48-42(26-15-29-51-48)41-25-11-10-24-40(41)37-22-14-23-38(30-37)49-53-44(35-18-6-2-7-19-35)33-45(54-49)36-20-8-3-9-21-36/h1-33H. The van der Waals surface area contributed by atoms with Gasteiger partial charge in [-0.25, -0.2) is 15.0 Å². The molecule has 0 aliphatic rings. The van der Waals surface area contributed by atoms with E-state index in [0.717, 1.165) is 84.2 Å². The van der Waals surface area contributed by atoms with Gasteiger partial charge in [0.25, 0.3) is 0 Å². The van der Waals surface area contributed by atoms with E-state index in [9.17, 15) is 0 Å². The van der Waals surface area contributed by atoms with Crippen LogP contribution < -0.4 is 0 Å². The van der Waals surface area contributed by atoms with Gasteiger partial charge in [-0.3, -0.25) is 9.97 Å². The van der Waals surface area contributed by atoms with Crippen LogP contribution in [0, 0.1) is 0 Å². The Bertz CT molecular complexity index is 2580. The van der Waals surface area contributed by atoms with Crippen LogP contribution in [0.4, 0.5) is 0 Å².